The molecule has 0 saturated heterocycles. The number of amides is 1. The quantitative estimate of drug-likeness (QED) is 0.271. The van der Waals surface area contributed by atoms with Crippen LogP contribution in [0.2, 0.25) is 5.02 Å². The highest BCUT2D eigenvalue weighted by molar-refractivity contribution is 6.38. The summed E-state index contributed by atoms with van der Waals surface area (Å²) < 4.78 is 5.12. The zero-order chi connectivity index (χ0) is 25.4. The number of carboxylic acids is 1. The Morgan fingerprint density at radius 3 is 2.28 bits per heavy atom. The molecule has 3 N–H and O–H groups in total. The summed E-state index contributed by atoms with van der Waals surface area (Å²) in [5.41, 5.74) is 5.37. The first kappa shape index (κ1) is 23.2. The van der Waals surface area contributed by atoms with E-state index in [4.69, 9.17) is 16.3 Å². The molecule has 0 radical (unpaired) electrons. The summed E-state index contributed by atoms with van der Waals surface area (Å²) in [6, 6.07) is 23.0. The van der Waals surface area contributed by atoms with Gasteiger partial charge in [-0.3, -0.25) is 4.79 Å². The first-order valence-corrected chi connectivity index (χ1v) is 11.4. The Morgan fingerprint density at radius 1 is 0.917 bits per heavy atom. The monoisotopic (exact) mass is 497 g/mol. The zero-order valence-electron chi connectivity index (χ0n) is 19.1. The van der Waals surface area contributed by atoms with E-state index in [2.05, 4.69) is 5.32 Å². The van der Waals surface area contributed by atoms with E-state index in [1.54, 1.807) is 36.4 Å². The molecule has 0 atom stereocenters. The fourth-order valence-electron chi connectivity index (χ4n) is 4.27. The van der Waals surface area contributed by atoms with Gasteiger partial charge in [-0.05, 0) is 53.1 Å². The maximum Gasteiger partial charge on any atom is 0.339 e. The predicted molar refractivity (Wildman–Crippen MR) is 140 cm³/mol. The number of hydrogen-bond donors (Lipinski definition) is 3. The van der Waals surface area contributed by atoms with Crippen molar-refractivity contribution in [1.82, 2.24) is 0 Å². The van der Waals surface area contributed by atoms with Gasteiger partial charge in [-0.2, -0.15) is 0 Å². The fourth-order valence-corrected chi connectivity index (χ4v) is 4.55. The van der Waals surface area contributed by atoms with Crippen LogP contribution in [0.1, 0.15) is 21.5 Å². The highest BCUT2D eigenvalue weighted by Gasteiger charge is 2.26. The maximum absolute atomic E-state index is 12.8. The van der Waals surface area contributed by atoms with Crippen molar-refractivity contribution in [3.8, 4) is 33.8 Å². The van der Waals surface area contributed by atoms with Crippen LogP contribution in [0.25, 0.3) is 33.9 Å². The van der Waals surface area contributed by atoms with Crippen molar-refractivity contribution < 1.29 is 24.5 Å². The van der Waals surface area contributed by atoms with Crippen molar-refractivity contribution in [2.45, 2.75) is 0 Å². The molecule has 178 valence electrons. The van der Waals surface area contributed by atoms with Gasteiger partial charge >= 0.3 is 5.97 Å². The first-order chi connectivity index (χ1) is 17.4. The number of methoxy groups -OCH3 is 1. The summed E-state index contributed by atoms with van der Waals surface area (Å²) >= 11 is 6.58. The Labute approximate surface area is 212 Å². The molecule has 0 fully saturated rings. The SMILES string of the molecule is COc1ccc(/C=C2\C(=O)Nc3cc(Cl)c(-c4ccc(-c5ccccc5O)cc4)cc32)cc1C(=O)O. The van der Waals surface area contributed by atoms with Crippen LogP contribution in [0.5, 0.6) is 11.5 Å². The molecule has 0 aliphatic carbocycles. The van der Waals surface area contributed by atoms with Gasteiger partial charge in [0.25, 0.3) is 5.91 Å². The lowest BCUT2D eigenvalue weighted by atomic mass is 9.96. The molecular weight excluding hydrogens is 478 g/mol. The summed E-state index contributed by atoms with van der Waals surface area (Å²) in [5, 5.41) is 22.9. The Morgan fingerprint density at radius 2 is 1.61 bits per heavy atom. The maximum atomic E-state index is 12.8. The molecule has 4 aromatic carbocycles. The molecule has 5 rings (SSSR count). The van der Waals surface area contributed by atoms with E-state index in [0.717, 1.165) is 22.3 Å². The number of carbonyl (C=O) groups is 2. The van der Waals surface area contributed by atoms with Crippen molar-refractivity contribution >= 4 is 40.8 Å². The Kier molecular flexibility index (Phi) is 5.96. The average Bonchev–Trinajstić information content (AvgIpc) is 3.17. The first-order valence-electron chi connectivity index (χ1n) is 11.0. The number of carbonyl (C=O) groups excluding carboxylic acids is 1. The van der Waals surface area contributed by atoms with E-state index in [1.165, 1.54) is 13.2 Å². The molecule has 36 heavy (non-hydrogen) atoms. The number of nitrogens with one attached hydrogen (secondary N) is 1. The molecule has 0 spiro atoms. The summed E-state index contributed by atoms with van der Waals surface area (Å²) in [5.74, 6) is -0.988. The largest absolute Gasteiger partial charge is 0.507 e. The van der Waals surface area contributed by atoms with Gasteiger partial charge in [-0.1, -0.05) is 60.1 Å². The number of halogens is 1. The van der Waals surface area contributed by atoms with Gasteiger partial charge in [-0.15, -0.1) is 0 Å². The van der Waals surface area contributed by atoms with Gasteiger partial charge in [0.1, 0.15) is 17.1 Å². The number of fused-ring (bicyclic) bond motifs is 1. The fraction of sp³-hybridized carbons (Fsp3) is 0.0345. The van der Waals surface area contributed by atoms with Crippen molar-refractivity contribution in [2.75, 3.05) is 12.4 Å². The number of anilines is 1. The topological polar surface area (TPSA) is 95.9 Å². The lowest BCUT2D eigenvalue weighted by molar-refractivity contribution is -0.110. The molecule has 1 heterocycles. The summed E-state index contributed by atoms with van der Waals surface area (Å²) in [6.07, 6.45) is 1.64. The Hall–Kier alpha value is -4.55. The standard InChI is InChI=1S/C29H20ClNO5/c1-36-27-11-6-16(13-23(27)29(34)35)12-22-21-14-20(24(30)15-25(21)31-28(22)33)18-9-7-17(8-10-18)19-4-2-3-5-26(19)32/h2-15,32H,1H3,(H,31,33)(H,34,35)/b22-12-. The van der Waals surface area contributed by atoms with Gasteiger partial charge < -0.3 is 20.3 Å². The van der Waals surface area contributed by atoms with Gasteiger partial charge in [0.15, 0.2) is 0 Å². The van der Waals surface area contributed by atoms with E-state index in [-0.39, 0.29) is 23.0 Å². The van der Waals surface area contributed by atoms with Crippen molar-refractivity contribution in [3.05, 3.63) is 101 Å². The zero-order valence-corrected chi connectivity index (χ0v) is 19.8. The predicted octanol–water partition coefficient (Wildman–Crippen LogP) is 6.58. The van der Waals surface area contributed by atoms with E-state index in [1.807, 2.05) is 42.5 Å². The Balaban J connectivity index is 1.55. The highest BCUT2D eigenvalue weighted by Crippen LogP contribution is 2.41. The lowest BCUT2D eigenvalue weighted by Crippen LogP contribution is -2.04. The summed E-state index contributed by atoms with van der Waals surface area (Å²) in [4.78, 5) is 24.4. The van der Waals surface area contributed by atoms with Gasteiger partial charge in [0.2, 0.25) is 0 Å². The normalized spacial score (nSPS) is 13.4. The number of rotatable bonds is 5. The molecule has 7 heteroatoms. The van der Waals surface area contributed by atoms with Crippen molar-refractivity contribution in [1.29, 1.82) is 0 Å². The minimum atomic E-state index is -1.12. The molecule has 1 aliphatic rings. The second kappa shape index (κ2) is 9.24. The van der Waals surface area contributed by atoms with E-state index >= 15 is 0 Å². The average molecular weight is 498 g/mol. The number of ether oxygens (including phenoxy) is 1. The number of aromatic hydroxyl groups is 1. The second-order valence-electron chi connectivity index (χ2n) is 8.25. The highest BCUT2D eigenvalue weighted by atomic mass is 35.5. The van der Waals surface area contributed by atoms with Crippen LogP contribution in [0.3, 0.4) is 0 Å². The smallest absolute Gasteiger partial charge is 0.339 e. The van der Waals surface area contributed by atoms with Crippen LogP contribution in [-0.4, -0.2) is 29.2 Å². The van der Waals surface area contributed by atoms with Crippen LogP contribution < -0.4 is 10.1 Å². The molecular formula is C29H20ClNO5. The minimum absolute atomic E-state index is 0.00631. The van der Waals surface area contributed by atoms with Crippen LogP contribution in [-0.2, 0) is 4.79 Å². The van der Waals surface area contributed by atoms with Crippen molar-refractivity contribution in [2.24, 2.45) is 0 Å². The van der Waals surface area contributed by atoms with Gasteiger partial charge in [0.05, 0.1) is 17.8 Å². The third-order valence-electron chi connectivity index (χ3n) is 6.07. The number of phenolic OH excluding ortho intramolecular Hbond substituents is 1. The number of para-hydroxylation sites is 1. The summed E-state index contributed by atoms with van der Waals surface area (Å²) in [6.45, 7) is 0. The molecule has 1 aliphatic heterocycles. The van der Waals surface area contributed by atoms with Crippen LogP contribution >= 0.6 is 11.6 Å². The van der Waals surface area contributed by atoms with Crippen LogP contribution in [0.4, 0.5) is 5.69 Å². The van der Waals surface area contributed by atoms with Crippen LogP contribution in [0, 0.1) is 0 Å². The van der Waals surface area contributed by atoms with Gasteiger partial charge in [0, 0.05) is 22.3 Å². The molecule has 0 unspecified atom stereocenters. The van der Waals surface area contributed by atoms with Crippen molar-refractivity contribution in [3.63, 3.8) is 0 Å². The van der Waals surface area contributed by atoms with E-state index in [0.29, 0.717) is 27.4 Å². The number of aromatic carboxylic acids is 1. The van der Waals surface area contributed by atoms with E-state index < -0.39 is 5.97 Å². The second-order valence-corrected chi connectivity index (χ2v) is 8.66. The molecule has 1 amide bonds. The van der Waals surface area contributed by atoms with Gasteiger partial charge in [-0.25, -0.2) is 4.79 Å². The minimum Gasteiger partial charge on any atom is -0.507 e. The number of carboxylic acid groups (broad SMARTS) is 1. The van der Waals surface area contributed by atoms with Crippen LogP contribution in [0.15, 0.2) is 78.9 Å². The molecule has 0 aromatic heterocycles. The van der Waals surface area contributed by atoms with E-state index in [9.17, 15) is 19.8 Å². The molecule has 0 bridgehead atoms. The molecule has 4 aromatic rings. The molecule has 0 saturated carbocycles. The summed E-state index contributed by atoms with van der Waals surface area (Å²) in [7, 11) is 1.40. The lowest BCUT2D eigenvalue weighted by Gasteiger charge is -2.10. The third-order valence-corrected chi connectivity index (χ3v) is 6.38. The third kappa shape index (κ3) is 4.19. The number of hydrogen-bond acceptors (Lipinski definition) is 4. The number of phenols is 1. The number of benzene rings is 4. The molecule has 6 nitrogen and oxygen atoms in total. The Bertz CT molecular complexity index is 1560.